The highest BCUT2D eigenvalue weighted by molar-refractivity contribution is 14.1. The van der Waals surface area contributed by atoms with Gasteiger partial charge in [0.15, 0.2) is 0 Å². The van der Waals surface area contributed by atoms with Crippen molar-refractivity contribution in [3.63, 3.8) is 0 Å². The van der Waals surface area contributed by atoms with E-state index < -0.39 is 0 Å². The molecule has 0 aromatic carbocycles. The molecule has 0 saturated heterocycles. The van der Waals surface area contributed by atoms with Crippen LogP contribution in [-0.4, -0.2) is 20.4 Å². The third kappa shape index (κ3) is 3.03. The van der Waals surface area contributed by atoms with Gasteiger partial charge in [-0.3, -0.25) is 0 Å². The number of aryl methyl sites for hydroxylation is 1. The topological polar surface area (TPSA) is 30.7 Å². The number of unbranched alkanes of at least 4 members (excludes halogenated alkanes) is 2. The third-order valence-corrected chi connectivity index (χ3v) is 3.97. The van der Waals surface area contributed by atoms with E-state index in [2.05, 4.69) is 43.3 Å². The number of alkyl halides is 1. The van der Waals surface area contributed by atoms with Gasteiger partial charge in [-0.05, 0) is 35.4 Å². The minimum absolute atomic E-state index is 0.527. The predicted octanol–water partition coefficient (Wildman–Crippen LogP) is 4.10. The minimum Gasteiger partial charge on any atom is -0.331 e. The number of aromatic nitrogens is 3. The lowest BCUT2D eigenvalue weighted by Gasteiger charge is -2.03. The molecule has 0 aliphatic carbocycles. The van der Waals surface area contributed by atoms with E-state index in [1.807, 2.05) is 0 Å². The second kappa shape index (κ2) is 6.20. The molecule has 17 heavy (non-hydrogen) atoms. The van der Waals surface area contributed by atoms with E-state index in [-0.39, 0.29) is 0 Å². The van der Waals surface area contributed by atoms with Crippen molar-refractivity contribution in [1.29, 1.82) is 0 Å². The summed E-state index contributed by atoms with van der Waals surface area (Å²) in [6.45, 7) is 0.948. The molecule has 0 N–H and O–H groups in total. The summed E-state index contributed by atoms with van der Waals surface area (Å²) >= 11 is 14.0. The van der Waals surface area contributed by atoms with Gasteiger partial charge >= 0.3 is 0 Å². The van der Waals surface area contributed by atoms with Crippen molar-refractivity contribution in [3.8, 4) is 0 Å². The maximum Gasteiger partial charge on any atom is 0.145 e. The molecule has 0 saturated carbocycles. The van der Waals surface area contributed by atoms with Gasteiger partial charge in [-0.2, -0.15) is 0 Å². The van der Waals surface area contributed by atoms with E-state index in [9.17, 15) is 0 Å². The van der Waals surface area contributed by atoms with Crippen LogP contribution in [0.25, 0.3) is 11.0 Å². The standard InChI is InChI=1S/C11H12Cl2IN3/c12-4-2-1-3-5-17-6-8(14)9-10(13)15-7-16-11(9)17/h6-7H,1-5H2. The molecule has 0 unspecified atom stereocenters. The molecule has 2 aromatic heterocycles. The molecule has 2 heterocycles. The van der Waals surface area contributed by atoms with Crippen molar-refractivity contribution in [2.75, 3.05) is 5.88 Å². The Balaban J connectivity index is 2.21. The zero-order valence-electron chi connectivity index (χ0n) is 9.17. The van der Waals surface area contributed by atoms with Crippen molar-refractivity contribution in [1.82, 2.24) is 14.5 Å². The van der Waals surface area contributed by atoms with E-state index in [1.165, 1.54) is 6.33 Å². The molecule has 2 aromatic rings. The molecule has 0 spiro atoms. The van der Waals surface area contributed by atoms with Gasteiger partial charge in [0.05, 0.1) is 5.39 Å². The summed E-state index contributed by atoms with van der Waals surface area (Å²) < 4.78 is 3.24. The Hall–Kier alpha value is -0.0700. The molecule has 0 bridgehead atoms. The lowest BCUT2D eigenvalue weighted by molar-refractivity contribution is 0.614. The van der Waals surface area contributed by atoms with Gasteiger partial charge in [0.2, 0.25) is 0 Å². The minimum atomic E-state index is 0.527. The van der Waals surface area contributed by atoms with Crippen molar-refractivity contribution in [2.45, 2.75) is 25.8 Å². The van der Waals surface area contributed by atoms with E-state index in [1.54, 1.807) is 0 Å². The fourth-order valence-electron chi connectivity index (χ4n) is 1.77. The lowest BCUT2D eigenvalue weighted by atomic mass is 10.2. The number of rotatable bonds is 5. The summed E-state index contributed by atoms with van der Waals surface area (Å²) in [7, 11) is 0. The van der Waals surface area contributed by atoms with Gasteiger partial charge in [0.1, 0.15) is 17.1 Å². The maximum absolute atomic E-state index is 6.07. The summed E-state index contributed by atoms with van der Waals surface area (Å²) in [6.07, 6.45) is 6.89. The van der Waals surface area contributed by atoms with Gasteiger partial charge in [-0.1, -0.05) is 18.0 Å². The molecular formula is C11H12Cl2IN3. The van der Waals surface area contributed by atoms with E-state index in [4.69, 9.17) is 23.2 Å². The average Bonchev–Trinajstić information content (AvgIpc) is 2.63. The van der Waals surface area contributed by atoms with Crippen LogP contribution in [0.5, 0.6) is 0 Å². The van der Waals surface area contributed by atoms with Crippen molar-refractivity contribution >= 4 is 56.8 Å². The Morgan fingerprint density at radius 3 is 2.82 bits per heavy atom. The normalized spacial score (nSPS) is 11.2. The number of halogens is 3. The van der Waals surface area contributed by atoms with Crippen molar-refractivity contribution < 1.29 is 0 Å². The quantitative estimate of drug-likeness (QED) is 0.337. The van der Waals surface area contributed by atoms with Crippen LogP contribution < -0.4 is 0 Å². The molecule has 0 radical (unpaired) electrons. The van der Waals surface area contributed by atoms with E-state index in [0.717, 1.165) is 46.3 Å². The molecule has 0 atom stereocenters. The van der Waals surface area contributed by atoms with Gasteiger partial charge in [-0.25, -0.2) is 9.97 Å². The molecule has 3 nitrogen and oxygen atoms in total. The van der Waals surface area contributed by atoms with E-state index >= 15 is 0 Å². The number of nitrogens with zero attached hydrogens (tertiary/aromatic N) is 3. The second-order valence-electron chi connectivity index (χ2n) is 3.78. The summed E-state index contributed by atoms with van der Waals surface area (Å²) in [4.78, 5) is 8.31. The first-order valence-corrected chi connectivity index (χ1v) is 7.44. The Morgan fingerprint density at radius 2 is 2.06 bits per heavy atom. The molecule has 6 heteroatoms. The average molecular weight is 384 g/mol. The number of hydrogen-bond donors (Lipinski definition) is 0. The number of hydrogen-bond acceptors (Lipinski definition) is 2. The van der Waals surface area contributed by atoms with Crippen LogP contribution in [0.2, 0.25) is 5.15 Å². The first-order chi connectivity index (χ1) is 8.24. The summed E-state index contributed by atoms with van der Waals surface area (Å²) in [5.74, 6) is 0.734. The molecule has 0 aliphatic heterocycles. The summed E-state index contributed by atoms with van der Waals surface area (Å²) in [5, 5.41) is 1.48. The predicted molar refractivity (Wildman–Crippen MR) is 79.8 cm³/mol. The fourth-order valence-corrected chi connectivity index (χ4v) is 3.18. The Morgan fingerprint density at radius 1 is 1.24 bits per heavy atom. The van der Waals surface area contributed by atoms with Gasteiger partial charge in [-0.15, -0.1) is 11.6 Å². The smallest absolute Gasteiger partial charge is 0.145 e. The Bertz CT molecular complexity index is 513. The monoisotopic (exact) mass is 383 g/mol. The SMILES string of the molecule is ClCCCCCn1cc(I)c2c(Cl)ncnc21. The van der Waals surface area contributed by atoms with Crippen LogP contribution in [0.3, 0.4) is 0 Å². The fraction of sp³-hybridized carbons (Fsp3) is 0.455. The zero-order valence-corrected chi connectivity index (χ0v) is 12.8. The molecular weight excluding hydrogens is 372 g/mol. The van der Waals surface area contributed by atoms with Crippen LogP contribution in [0.1, 0.15) is 19.3 Å². The first kappa shape index (κ1) is 13.4. The number of fused-ring (bicyclic) bond motifs is 1. The van der Waals surface area contributed by atoms with Crippen LogP contribution >= 0.6 is 45.8 Å². The molecule has 0 fully saturated rings. The third-order valence-electron chi connectivity index (χ3n) is 2.59. The highest BCUT2D eigenvalue weighted by Crippen LogP contribution is 2.26. The van der Waals surface area contributed by atoms with Gasteiger partial charge in [0, 0.05) is 22.2 Å². The summed E-state index contributed by atoms with van der Waals surface area (Å²) in [6, 6.07) is 0. The molecule has 2 rings (SSSR count). The zero-order chi connectivity index (χ0) is 12.3. The van der Waals surface area contributed by atoms with Crippen molar-refractivity contribution in [2.24, 2.45) is 0 Å². The largest absolute Gasteiger partial charge is 0.331 e. The Kier molecular flexibility index (Phi) is 4.87. The molecule has 0 aliphatic rings. The van der Waals surface area contributed by atoms with E-state index in [0.29, 0.717) is 5.15 Å². The maximum atomic E-state index is 6.07. The van der Waals surface area contributed by atoms with Gasteiger partial charge < -0.3 is 4.57 Å². The van der Waals surface area contributed by atoms with Crippen LogP contribution in [0.4, 0.5) is 0 Å². The Labute approximate surface area is 124 Å². The van der Waals surface area contributed by atoms with Crippen LogP contribution in [0.15, 0.2) is 12.5 Å². The first-order valence-electron chi connectivity index (χ1n) is 5.45. The van der Waals surface area contributed by atoms with Crippen LogP contribution in [0, 0.1) is 3.57 Å². The van der Waals surface area contributed by atoms with Crippen LogP contribution in [-0.2, 0) is 6.54 Å². The second-order valence-corrected chi connectivity index (χ2v) is 5.68. The lowest BCUT2D eigenvalue weighted by Crippen LogP contribution is -1.98. The van der Waals surface area contributed by atoms with Crippen molar-refractivity contribution in [3.05, 3.63) is 21.2 Å². The van der Waals surface area contributed by atoms with Gasteiger partial charge in [0.25, 0.3) is 0 Å². The molecule has 92 valence electrons. The highest BCUT2D eigenvalue weighted by Gasteiger charge is 2.11. The summed E-state index contributed by atoms with van der Waals surface area (Å²) in [5.41, 5.74) is 0.917. The highest BCUT2D eigenvalue weighted by atomic mass is 127. The molecule has 0 amide bonds.